The van der Waals surface area contributed by atoms with E-state index in [4.69, 9.17) is 4.74 Å². The Hall–Kier alpha value is -2.93. The fourth-order valence-electron chi connectivity index (χ4n) is 2.49. The Labute approximate surface area is 161 Å². The molecule has 1 aromatic heterocycles. The van der Waals surface area contributed by atoms with Crippen molar-refractivity contribution in [1.29, 1.82) is 0 Å². The van der Waals surface area contributed by atoms with Crippen molar-refractivity contribution in [3.05, 3.63) is 53.5 Å². The average Bonchev–Trinajstić information content (AvgIpc) is 3.08. The summed E-state index contributed by atoms with van der Waals surface area (Å²) in [6.07, 6.45) is 0.705. The first kappa shape index (κ1) is 18.8. The fraction of sp³-hybridized carbons (Fsp3) is 0.250. The molecule has 7 heteroatoms. The zero-order chi connectivity index (χ0) is 19.2. The summed E-state index contributed by atoms with van der Waals surface area (Å²) in [6.45, 7) is -0.298. The second-order valence-electron chi connectivity index (χ2n) is 6.23. The van der Waals surface area contributed by atoms with Crippen LogP contribution >= 0.6 is 11.3 Å². The molecule has 0 atom stereocenters. The van der Waals surface area contributed by atoms with Crippen LogP contribution in [0.4, 0.5) is 11.4 Å². The third-order valence-electron chi connectivity index (χ3n) is 3.91. The second-order valence-corrected chi connectivity index (χ2v) is 7.34. The molecule has 6 nitrogen and oxygen atoms in total. The molecule has 1 N–H and O–H groups in total. The highest BCUT2D eigenvalue weighted by Gasteiger charge is 2.10. The van der Waals surface area contributed by atoms with Gasteiger partial charge < -0.3 is 15.0 Å². The van der Waals surface area contributed by atoms with Crippen LogP contribution < -0.4 is 10.2 Å². The fourth-order valence-corrected chi connectivity index (χ4v) is 3.46. The molecule has 1 amide bonds. The Morgan fingerprint density at radius 2 is 1.85 bits per heavy atom. The van der Waals surface area contributed by atoms with Gasteiger partial charge in [0.2, 0.25) is 0 Å². The lowest BCUT2D eigenvalue weighted by Crippen LogP contribution is -2.21. The van der Waals surface area contributed by atoms with E-state index in [0.29, 0.717) is 12.1 Å². The number of thiazole rings is 1. The summed E-state index contributed by atoms with van der Waals surface area (Å²) in [7, 11) is 3.89. The van der Waals surface area contributed by atoms with E-state index in [-0.39, 0.29) is 18.9 Å². The molecule has 3 aromatic rings. The van der Waals surface area contributed by atoms with Gasteiger partial charge in [0, 0.05) is 31.9 Å². The lowest BCUT2D eigenvalue weighted by Gasteiger charge is -2.13. The standard InChI is InChI=1S/C20H21N3O3S/c1-23(2)15-9-7-14(8-10-15)21-18(24)13-26-20(25)12-11-19-22-16-5-3-4-6-17(16)27-19/h3-10H,11-13H2,1-2H3,(H,21,24). The summed E-state index contributed by atoms with van der Waals surface area (Å²) in [5, 5.41) is 3.60. The monoisotopic (exact) mass is 383 g/mol. The summed E-state index contributed by atoms with van der Waals surface area (Å²) < 4.78 is 6.15. The topological polar surface area (TPSA) is 71.5 Å². The molecular weight excluding hydrogens is 362 g/mol. The third kappa shape index (κ3) is 5.27. The van der Waals surface area contributed by atoms with Crippen LogP contribution in [0.5, 0.6) is 0 Å². The number of para-hydroxylation sites is 1. The molecule has 140 valence electrons. The predicted octanol–water partition coefficient (Wildman–Crippen LogP) is 3.48. The highest BCUT2D eigenvalue weighted by atomic mass is 32.1. The molecule has 0 aliphatic heterocycles. The normalized spacial score (nSPS) is 10.6. The maximum atomic E-state index is 11.9. The molecule has 0 aliphatic carbocycles. The van der Waals surface area contributed by atoms with E-state index >= 15 is 0 Å². The van der Waals surface area contributed by atoms with Crippen molar-refractivity contribution in [3.63, 3.8) is 0 Å². The maximum absolute atomic E-state index is 11.9. The Morgan fingerprint density at radius 3 is 2.56 bits per heavy atom. The van der Waals surface area contributed by atoms with Gasteiger partial charge in [0.15, 0.2) is 6.61 Å². The first-order valence-corrected chi connectivity index (χ1v) is 9.40. The summed E-state index contributed by atoms with van der Waals surface area (Å²) >= 11 is 1.57. The van der Waals surface area contributed by atoms with Gasteiger partial charge in [0.25, 0.3) is 5.91 Å². The van der Waals surface area contributed by atoms with Crippen molar-refractivity contribution in [2.24, 2.45) is 0 Å². The number of benzene rings is 2. The van der Waals surface area contributed by atoms with E-state index in [0.717, 1.165) is 20.9 Å². The molecule has 0 saturated heterocycles. The Morgan fingerprint density at radius 1 is 1.11 bits per heavy atom. The predicted molar refractivity (Wildman–Crippen MR) is 108 cm³/mol. The number of hydrogen-bond acceptors (Lipinski definition) is 6. The zero-order valence-electron chi connectivity index (χ0n) is 15.3. The SMILES string of the molecule is CN(C)c1ccc(NC(=O)COC(=O)CCc2nc3ccccc3s2)cc1. The van der Waals surface area contributed by atoms with Gasteiger partial charge in [0.05, 0.1) is 21.6 Å². The van der Waals surface area contributed by atoms with E-state index in [1.807, 2.05) is 67.5 Å². The minimum Gasteiger partial charge on any atom is -0.456 e. The van der Waals surface area contributed by atoms with E-state index in [1.165, 1.54) is 0 Å². The average molecular weight is 383 g/mol. The van der Waals surface area contributed by atoms with Gasteiger partial charge >= 0.3 is 5.97 Å². The molecule has 0 unspecified atom stereocenters. The van der Waals surface area contributed by atoms with Crippen LogP contribution in [0, 0.1) is 0 Å². The molecule has 3 rings (SSSR count). The molecule has 0 spiro atoms. The number of rotatable bonds is 7. The highest BCUT2D eigenvalue weighted by Crippen LogP contribution is 2.22. The lowest BCUT2D eigenvalue weighted by molar-refractivity contribution is -0.147. The van der Waals surface area contributed by atoms with E-state index < -0.39 is 5.97 Å². The lowest BCUT2D eigenvalue weighted by atomic mass is 10.2. The van der Waals surface area contributed by atoms with Crippen molar-refractivity contribution in [3.8, 4) is 0 Å². The highest BCUT2D eigenvalue weighted by molar-refractivity contribution is 7.18. The number of nitrogens with zero attached hydrogens (tertiary/aromatic N) is 2. The number of fused-ring (bicyclic) bond motifs is 1. The van der Waals surface area contributed by atoms with Crippen LogP contribution in [0.2, 0.25) is 0 Å². The maximum Gasteiger partial charge on any atom is 0.306 e. The number of esters is 1. The third-order valence-corrected chi connectivity index (χ3v) is 5.01. The van der Waals surface area contributed by atoms with Crippen molar-refractivity contribution < 1.29 is 14.3 Å². The number of anilines is 2. The van der Waals surface area contributed by atoms with E-state index in [1.54, 1.807) is 11.3 Å². The Balaban J connectivity index is 1.42. The molecular formula is C20H21N3O3S. The zero-order valence-corrected chi connectivity index (χ0v) is 16.1. The minimum atomic E-state index is -0.410. The minimum absolute atomic E-state index is 0.199. The van der Waals surface area contributed by atoms with Crippen LogP contribution in [0.1, 0.15) is 11.4 Å². The molecule has 0 aliphatic rings. The van der Waals surface area contributed by atoms with Crippen LogP contribution in [-0.2, 0) is 20.7 Å². The molecule has 0 fully saturated rings. The first-order chi connectivity index (χ1) is 13.0. The molecule has 2 aromatic carbocycles. The van der Waals surface area contributed by atoms with Gasteiger partial charge in [-0.15, -0.1) is 11.3 Å². The van der Waals surface area contributed by atoms with E-state index in [2.05, 4.69) is 10.3 Å². The van der Waals surface area contributed by atoms with Gasteiger partial charge in [0.1, 0.15) is 0 Å². The first-order valence-electron chi connectivity index (χ1n) is 8.58. The van der Waals surface area contributed by atoms with Gasteiger partial charge in [-0.1, -0.05) is 12.1 Å². The number of aromatic nitrogens is 1. The van der Waals surface area contributed by atoms with Gasteiger partial charge in [-0.3, -0.25) is 9.59 Å². The number of carbonyl (C=O) groups excluding carboxylic acids is 2. The molecule has 0 saturated carbocycles. The van der Waals surface area contributed by atoms with Gasteiger partial charge in [-0.25, -0.2) is 4.98 Å². The molecule has 1 heterocycles. The van der Waals surface area contributed by atoms with Crippen LogP contribution in [0.3, 0.4) is 0 Å². The number of ether oxygens (including phenoxy) is 1. The molecule has 0 bridgehead atoms. The van der Waals surface area contributed by atoms with Crippen molar-refractivity contribution in [1.82, 2.24) is 4.98 Å². The van der Waals surface area contributed by atoms with Crippen molar-refractivity contribution >= 4 is 44.8 Å². The second kappa shape index (κ2) is 8.64. The Kier molecular flexibility index (Phi) is 6.03. The van der Waals surface area contributed by atoms with E-state index in [9.17, 15) is 9.59 Å². The van der Waals surface area contributed by atoms with Crippen molar-refractivity contribution in [2.45, 2.75) is 12.8 Å². The summed E-state index contributed by atoms with van der Waals surface area (Å²) in [5.41, 5.74) is 2.64. The summed E-state index contributed by atoms with van der Waals surface area (Å²) in [6, 6.07) is 15.3. The number of amides is 1. The smallest absolute Gasteiger partial charge is 0.306 e. The van der Waals surface area contributed by atoms with Gasteiger partial charge in [-0.05, 0) is 36.4 Å². The largest absolute Gasteiger partial charge is 0.456 e. The number of nitrogens with one attached hydrogen (secondary N) is 1. The van der Waals surface area contributed by atoms with Crippen molar-refractivity contribution in [2.75, 3.05) is 30.9 Å². The molecule has 27 heavy (non-hydrogen) atoms. The number of carbonyl (C=O) groups is 2. The number of aryl methyl sites for hydroxylation is 1. The van der Waals surface area contributed by atoms with Gasteiger partial charge in [-0.2, -0.15) is 0 Å². The summed E-state index contributed by atoms with van der Waals surface area (Å²) in [4.78, 5) is 30.2. The van der Waals surface area contributed by atoms with Crippen LogP contribution in [0.15, 0.2) is 48.5 Å². The summed E-state index contributed by atoms with van der Waals surface area (Å²) in [5.74, 6) is -0.770. The Bertz CT molecular complexity index is 902. The van der Waals surface area contributed by atoms with Crippen LogP contribution in [0.25, 0.3) is 10.2 Å². The quantitative estimate of drug-likeness (QED) is 0.633. The van der Waals surface area contributed by atoms with Crippen LogP contribution in [-0.4, -0.2) is 37.6 Å². The molecule has 0 radical (unpaired) electrons. The number of hydrogen-bond donors (Lipinski definition) is 1.